The van der Waals surface area contributed by atoms with E-state index in [1.165, 1.54) is 18.2 Å². The molecule has 0 spiro atoms. The highest BCUT2D eigenvalue weighted by Gasteiger charge is 2.12. The average molecular weight is 272 g/mol. The third kappa shape index (κ3) is 3.90. The second-order valence-corrected chi connectivity index (χ2v) is 5.57. The van der Waals surface area contributed by atoms with Gasteiger partial charge in [0.1, 0.15) is 0 Å². The number of carbonyl (C=O) groups is 1. The lowest BCUT2D eigenvalue weighted by molar-refractivity contribution is -0.118. The van der Waals surface area contributed by atoms with E-state index in [4.69, 9.17) is 16.6 Å². The fraction of sp³-hybridized carbons (Fsp3) is 0.300. The number of carbonyl (C=O) groups excluding carboxylic acids is 1. The number of sulfonamides is 1. The molecule has 0 saturated carbocycles. The molecule has 1 rings (SSSR count). The van der Waals surface area contributed by atoms with Crippen molar-refractivity contribution in [2.45, 2.75) is 24.3 Å². The molecule has 0 aliphatic carbocycles. The van der Waals surface area contributed by atoms with Gasteiger partial charge in [0, 0.05) is 12.5 Å². The van der Waals surface area contributed by atoms with E-state index in [9.17, 15) is 13.2 Å². The summed E-state index contributed by atoms with van der Waals surface area (Å²) in [6.45, 7) is 1.73. The number of amides is 1. The number of rotatable bonds is 5. The predicted molar refractivity (Wildman–Crippen MR) is 69.1 cm³/mol. The molecule has 0 radical (unpaired) electrons. The lowest BCUT2D eigenvalue weighted by atomic mass is 10.2. The molecule has 0 fully saturated rings. The number of primary sulfonamides is 1. The van der Waals surface area contributed by atoms with Crippen molar-refractivity contribution in [1.29, 1.82) is 0 Å². The second-order valence-electron chi connectivity index (χ2n) is 4.01. The van der Waals surface area contributed by atoms with Gasteiger partial charge in [0.2, 0.25) is 15.9 Å². The minimum atomic E-state index is -3.79. The number of primary amides is 1. The van der Waals surface area contributed by atoms with Crippen LogP contribution in [-0.2, 0) is 14.8 Å². The van der Waals surface area contributed by atoms with Crippen LogP contribution in [0.2, 0.25) is 0 Å². The molecule has 1 amide bonds. The summed E-state index contributed by atoms with van der Waals surface area (Å²) >= 11 is 0. The maximum atomic E-state index is 11.2. The van der Waals surface area contributed by atoms with Gasteiger partial charge in [-0.25, -0.2) is 13.6 Å². The topological polar surface area (TPSA) is 141 Å². The van der Waals surface area contributed by atoms with Crippen LogP contribution < -0.4 is 21.9 Å². The molecule has 0 bridgehead atoms. The van der Waals surface area contributed by atoms with E-state index < -0.39 is 15.9 Å². The van der Waals surface area contributed by atoms with E-state index in [1.807, 2.05) is 0 Å². The number of nitrogens with one attached hydrogen (secondary N) is 1. The fourth-order valence-corrected chi connectivity index (χ4v) is 2.00. The Morgan fingerprint density at radius 2 is 2.06 bits per heavy atom. The fourth-order valence-electron chi connectivity index (χ4n) is 1.46. The molecular formula is C10H16N4O3S. The van der Waals surface area contributed by atoms with Gasteiger partial charge in [-0.05, 0) is 25.1 Å². The minimum Gasteiger partial charge on any atom is -0.397 e. The smallest absolute Gasteiger partial charge is 0.238 e. The first kappa shape index (κ1) is 14.3. The van der Waals surface area contributed by atoms with Crippen molar-refractivity contribution < 1.29 is 13.2 Å². The van der Waals surface area contributed by atoms with E-state index in [0.29, 0.717) is 11.4 Å². The van der Waals surface area contributed by atoms with Gasteiger partial charge in [-0.15, -0.1) is 0 Å². The average Bonchev–Trinajstić information content (AvgIpc) is 2.18. The second kappa shape index (κ2) is 5.23. The number of hydrogen-bond acceptors (Lipinski definition) is 5. The van der Waals surface area contributed by atoms with E-state index in [-0.39, 0.29) is 17.4 Å². The molecule has 0 aromatic heterocycles. The van der Waals surface area contributed by atoms with Gasteiger partial charge < -0.3 is 16.8 Å². The molecule has 0 aliphatic rings. The van der Waals surface area contributed by atoms with E-state index >= 15 is 0 Å². The molecule has 0 aliphatic heterocycles. The van der Waals surface area contributed by atoms with Crippen LogP contribution in [0.5, 0.6) is 0 Å². The maximum absolute atomic E-state index is 11.2. The molecule has 1 unspecified atom stereocenters. The van der Waals surface area contributed by atoms with Crippen molar-refractivity contribution >= 4 is 27.3 Å². The highest BCUT2D eigenvalue weighted by Crippen LogP contribution is 2.23. The van der Waals surface area contributed by atoms with Crippen molar-refractivity contribution in [2.75, 3.05) is 11.1 Å². The van der Waals surface area contributed by atoms with Gasteiger partial charge in [0.05, 0.1) is 16.3 Å². The van der Waals surface area contributed by atoms with Gasteiger partial charge in [0.15, 0.2) is 0 Å². The third-order valence-corrected chi connectivity index (χ3v) is 3.17. The number of hydrogen-bond donors (Lipinski definition) is 4. The molecule has 0 heterocycles. The summed E-state index contributed by atoms with van der Waals surface area (Å²) < 4.78 is 22.4. The van der Waals surface area contributed by atoms with Gasteiger partial charge in [-0.3, -0.25) is 4.79 Å². The molecule has 1 atom stereocenters. The molecule has 7 nitrogen and oxygen atoms in total. The molecule has 7 N–H and O–H groups in total. The highest BCUT2D eigenvalue weighted by atomic mass is 32.2. The van der Waals surface area contributed by atoms with Crippen LogP contribution in [0.15, 0.2) is 23.1 Å². The van der Waals surface area contributed by atoms with Crippen LogP contribution in [0.1, 0.15) is 13.3 Å². The van der Waals surface area contributed by atoms with Crippen LogP contribution in [0.4, 0.5) is 11.4 Å². The summed E-state index contributed by atoms with van der Waals surface area (Å²) in [6.07, 6.45) is 0.110. The quantitative estimate of drug-likeness (QED) is 0.539. The zero-order chi connectivity index (χ0) is 13.9. The monoisotopic (exact) mass is 272 g/mol. The van der Waals surface area contributed by atoms with Crippen molar-refractivity contribution in [3.63, 3.8) is 0 Å². The zero-order valence-electron chi connectivity index (χ0n) is 9.88. The Bertz CT molecular complexity index is 556. The van der Waals surface area contributed by atoms with Crippen molar-refractivity contribution in [2.24, 2.45) is 10.9 Å². The Kier molecular flexibility index (Phi) is 4.15. The van der Waals surface area contributed by atoms with Gasteiger partial charge in [-0.1, -0.05) is 0 Å². The Morgan fingerprint density at radius 1 is 1.44 bits per heavy atom. The van der Waals surface area contributed by atoms with Crippen LogP contribution in [0.3, 0.4) is 0 Å². The summed E-state index contributed by atoms with van der Waals surface area (Å²) in [6, 6.07) is 3.80. The molecule has 0 saturated heterocycles. The Morgan fingerprint density at radius 3 is 2.56 bits per heavy atom. The van der Waals surface area contributed by atoms with Crippen molar-refractivity contribution in [3.8, 4) is 0 Å². The van der Waals surface area contributed by atoms with Gasteiger partial charge in [-0.2, -0.15) is 0 Å². The van der Waals surface area contributed by atoms with E-state index in [0.717, 1.165) is 0 Å². The summed E-state index contributed by atoms with van der Waals surface area (Å²) in [7, 11) is -3.79. The van der Waals surface area contributed by atoms with E-state index in [2.05, 4.69) is 5.32 Å². The number of nitrogen functional groups attached to an aromatic ring is 1. The van der Waals surface area contributed by atoms with Crippen molar-refractivity contribution in [1.82, 2.24) is 0 Å². The third-order valence-electron chi connectivity index (χ3n) is 2.26. The summed E-state index contributed by atoms with van der Waals surface area (Å²) in [5, 5.41) is 7.92. The first-order chi connectivity index (χ1) is 8.20. The minimum absolute atomic E-state index is 0.0505. The van der Waals surface area contributed by atoms with Crippen LogP contribution in [0.25, 0.3) is 0 Å². The van der Waals surface area contributed by atoms with Crippen LogP contribution in [-0.4, -0.2) is 20.4 Å². The first-order valence-electron chi connectivity index (χ1n) is 5.17. The summed E-state index contributed by atoms with van der Waals surface area (Å²) in [4.78, 5) is 10.7. The Hall–Kier alpha value is -1.80. The molecular weight excluding hydrogens is 256 g/mol. The Balaban J connectivity index is 2.98. The molecule has 8 heteroatoms. The molecule has 1 aromatic rings. The largest absolute Gasteiger partial charge is 0.397 e. The standard InChI is InChI=1S/C10H16N4O3S/c1-6(4-10(12)15)14-9-5-7(18(13,16)17)2-3-8(9)11/h2-3,5-6,14H,4,11H2,1H3,(H2,12,15)(H2,13,16,17). The van der Waals surface area contributed by atoms with Crippen molar-refractivity contribution in [3.05, 3.63) is 18.2 Å². The summed E-state index contributed by atoms with van der Waals surface area (Å²) in [5.41, 5.74) is 11.5. The SMILES string of the molecule is CC(CC(N)=O)Nc1cc(S(N)(=O)=O)ccc1N. The Labute approximate surface area is 105 Å². The molecule has 1 aromatic carbocycles. The van der Waals surface area contributed by atoms with Crippen LogP contribution >= 0.6 is 0 Å². The zero-order valence-corrected chi connectivity index (χ0v) is 10.7. The number of anilines is 2. The van der Waals surface area contributed by atoms with Crippen LogP contribution in [0, 0.1) is 0 Å². The lowest BCUT2D eigenvalue weighted by Crippen LogP contribution is -2.24. The first-order valence-corrected chi connectivity index (χ1v) is 6.72. The van der Waals surface area contributed by atoms with E-state index in [1.54, 1.807) is 6.92 Å². The predicted octanol–water partition coefficient (Wildman–Crippen LogP) is -0.408. The number of benzene rings is 1. The maximum Gasteiger partial charge on any atom is 0.238 e. The number of nitrogens with two attached hydrogens (primary N) is 3. The normalized spacial score (nSPS) is 13.0. The van der Waals surface area contributed by atoms with Gasteiger partial charge in [0.25, 0.3) is 0 Å². The molecule has 18 heavy (non-hydrogen) atoms. The highest BCUT2D eigenvalue weighted by molar-refractivity contribution is 7.89. The summed E-state index contributed by atoms with van der Waals surface area (Å²) in [5.74, 6) is -0.462. The molecule has 100 valence electrons. The lowest BCUT2D eigenvalue weighted by Gasteiger charge is -2.16. The van der Waals surface area contributed by atoms with Gasteiger partial charge >= 0.3 is 0 Å².